The van der Waals surface area contributed by atoms with Gasteiger partial charge in [0.1, 0.15) is 0 Å². The summed E-state index contributed by atoms with van der Waals surface area (Å²) in [7, 11) is 0.163. The average molecular weight is 408 g/mol. The largest absolute Gasteiger partial charge is 0.376 e. The first kappa shape index (κ1) is 19.9. The van der Waals surface area contributed by atoms with Crippen molar-refractivity contribution in [3.8, 4) is 0 Å². The molecule has 6 nitrogen and oxygen atoms in total. The molecule has 0 bridgehead atoms. The average Bonchev–Trinajstić information content (AvgIpc) is 3.08. The molecule has 1 aromatic carbocycles. The maximum Gasteiger partial charge on any atom is 0.265 e. The number of hydrogen-bond acceptors (Lipinski definition) is 5. The van der Waals surface area contributed by atoms with E-state index in [0.717, 1.165) is 29.8 Å². The van der Waals surface area contributed by atoms with Crippen molar-refractivity contribution >= 4 is 38.6 Å². The minimum absolute atomic E-state index is 0.215. The van der Waals surface area contributed by atoms with E-state index in [4.69, 9.17) is 0 Å². The van der Waals surface area contributed by atoms with Gasteiger partial charge in [-0.1, -0.05) is 6.42 Å². The Morgan fingerprint density at radius 2 is 1.81 bits per heavy atom. The zero-order chi connectivity index (χ0) is 19.6. The van der Waals surface area contributed by atoms with Crippen molar-refractivity contribution in [1.82, 2.24) is 4.31 Å². The smallest absolute Gasteiger partial charge is 0.265 e. The Morgan fingerprint density at radius 1 is 1.11 bits per heavy atom. The SMILES string of the molecule is Cc1ccc(C(=O)Nc2cc(S(=O)(=O)N3CCCCC3)ccc2N(C)C)s1. The molecule has 1 fully saturated rings. The molecule has 0 aliphatic carbocycles. The highest BCUT2D eigenvalue weighted by Crippen LogP contribution is 2.31. The number of nitrogens with one attached hydrogen (secondary N) is 1. The number of amides is 1. The third-order valence-corrected chi connectivity index (χ3v) is 7.51. The predicted octanol–water partition coefficient (Wildman–Crippen LogP) is 3.55. The Morgan fingerprint density at radius 3 is 2.41 bits per heavy atom. The van der Waals surface area contributed by atoms with E-state index in [2.05, 4.69) is 5.32 Å². The van der Waals surface area contributed by atoms with Crippen LogP contribution in [-0.4, -0.2) is 45.8 Å². The monoisotopic (exact) mass is 407 g/mol. The van der Waals surface area contributed by atoms with Gasteiger partial charge in [-0.3, -0.25) is 4.79 Å². The van der Waals surface area contributed by atoms with Gasteiger partial charge in [-0.05, 0) is 50.1 Å². The van der Waals surface area contributed by atoms with Gasteiger partial charge in [0.25, 0.3) is 5.91 Å². The molecule has 3 rings (SSSR count). The molecule has 1 aliphatic heterocycles. The first-order chi connectivity index (χ1) is 12.8. The van der Waals surface area contributed by atoms with Crippen LogP contribution in [0.15, 0.2) is 35.2 Å². The van der Waals surface area contributed by atoms with Gasteiger partial charge in [0.2, 0.25) is 10.0 Å². The summed E-state index contributed by atoms with van der Waals surface area (Å²) in [5.41, 5.74) is 1.25. The minimum Gasteiger partial charge on any atom is -0.376 e. The molecule has 1 N–H and O–H groups in total. The Hall–Kier alpha value is -1.90. The van der Waals surface area contributed by atoms with Crippen molar-refractivity contribution in [2.24, 2.45) is 0 Å². The Balaban J connectivity index is 1.94. The van der Waals surface area contributed by atoms with Crippen LogP contribution in [0, 0.1) is 6.92 Å². The lowest BCUT2D eigenvalue weighted by atomic mass is 10.2. The van der Waals surface area contributed by atoms with Crippen molar-refractivity contribution in [2.75, 3.05) is 37.4 Å². The first-order valence-corrected chi connectivity index (χ1v) is 11.2. The lowest BCUT2D eigenvalue weighted by molar-refractivity contribution is 0.103. The fraction of sp³-hybridized carbons (Fsp3) is 0.421. The Labute approximate surface area is 164 Å². The molecule has 1 aromatic heterocycles. The second kappa shape index (κ2) is 8.00. The van der Waals surface area contributed by atoms with E-state index in [9.17, 15) is 13.2 Å². The standard InChI is InChI=1S/C19H25N3O3S2/c1-14-7-10-18(26-14)19(23)20-16-13-15(8-9-17(16)21(2)3)27(24,25)22-11-5-4-6-12-22/h7-10,13H,4-6,11-12H2,1-3H3,(H,20,23). The second-order valence-corrected chi connectivity index (χ2v) is 10.1. The minimum atomic E-state index is -3.56. The van der Waals surface area contributed by atoms with Gasteiger partial charge < -0.3 is 10.2 Å². The fourth-order valence-corrected chi connectivity index (χ4v) is 5.47. The second-order valence-electron chi connectivity index (χ2n) is 6.90. The van der Waals surface area contributed by atoms with E-state index in [-0.39, 0.29) is 10.8 Å². The molecule has 2 aromatic rings. The van der Waals surface area contributed by atoms with Gasteiger partial charge in [-0.25, -0.2) is 8.42 Å². The van der Waals surface area contributed by atoms with Crippen molar-refractivity contribution in [3.63, 3.8) is 0 Å². The number of benzene rings is 1. The molecule has 27 heavy (non-hydrogen) atoms. The van der Waals surface area contributed by atoms with E-state index in [0.29, 0.717) is 23.7 Å². The first-order valence-electron chi connectivity index (χ1n) is 8.98. The van der Waals surface area contributed by atoms with Crippen LogP contribution in [-0.2, 0) is 10.0 Å². The third-order valence-electron chi connectivity index (χ3n) is 4.61. The van der Waals surface area contributed by atoms with Crippen molar-refractivity contribution in [1.29, 1.82) is 0 Å². The third kappa shape index (κ3) is 4.34. The molecule has 0 unspecified atom stereocenters. The van der Waals surface area contributed by atoms with Crippen LogP contribution in [0.3, 0.4) is 0 Å². The van der Waals surface area contributed by atoms with Gasteiger partial charge in [-0.2, -0.15) is 4.31 Å². The summed E-state index contributed by atoms with van der Waals surface area (Å²) in [4.78, 5) is 16.3. The van der Waals surface area contributed by atoms with E-state index in [1.54, 1.807) is 24.3 Å². The molecule has 0 spiro atoms. The summed E-state index contributed by atoms with van der Waals surface area (Å²) in [6.45, 7) is 3.04. The molecule has 146 valence electrons. The highest BCUT2D eigenvalue weighted by atomic mass is 32.2. The van der Waals surface area contributed by atoms with Gasteiger partial charge in [0.05, 0.1) is 21.1 Å². The molecule has 0 atom stereocenters. The number of piperidine rings is 1. The van der Waals surface area contributed by atoms with Crippen LogP contribution in [0.1, 0.15) is 33.8 Å². The number of nitrogens with zero attached hydrogens (tertiary/aromatic N) is 2. The maximum atomic E-state index is 13.0. The number of hydrogen-bond donors (Lipinski definition) is 1. The van der Waals surface area contributed by atoms with Crippen molar-refractivity contribution in [3.05, 3.63) is 40.1 Å². The summed E-state index contributed by atoms with van der Waals surface area (Å²) >= 11 is 1.41. The van der Waals surface area contributed by atoms with Gasteiger partial charge in [0, 0.05) is 32.1 Å². The van der Waals surface area contributed by atoms with Crippen LogP contribution in [0.2, 0.25) is 0 Å². The van der Waals surface area contributed by atoms with E-state index in [1.165, 1.54) is 15.6 Å². The predicted molar refractivity (Wildman–Crippen MR) is 110 cm³/mol. The van der Waals surface area contributed by atoms with Gasteiger partial charge in [0.15, 0.2) is 0 Å². The topological polar surface area (TPSA) is 69.7 Å². The molecule has 1 amide bonds. The van der Waals surface area contributed by atoms with E-state index >= 15 is 0 Å². The van der Waals surface area contributed by atoms with Crippen LogP contribution >= 0.6 is 11.3 Å². The fourth-order valence-electron chi connectivity index (χ4n) is 3.16. The van der Waals surface area contributed by atoms with Crippen LogP contribution in [0.4, 0.5) is 11.4 Å². The maximum absolute atomic E-state index is 13.0. The quantitative estimate of drug-likeness (QED) is 0.823. The number of rotatable bonds is 5. The summed E-state index contributed by atoms with van der Waals surface area (Å²) in [5, 5.41) is 2.88. The molecule has 0 saturated carbocycles. The summed E-state index contributed by atoms with van der Waals surface area (Å²) in [6.07, 6.45) is 2.83. The molecule has 1 aliphatic rings. The number of sulfonamides is 1. The lowest BCUT2D eigenvalue weighted by Gasteiger charge is -2.26. The summed E-state index contributed by atoms with van der Waals surface area (Å²) in [6, 6.07) is 8.59. The molecular formula is C19H25N3O3S2. The highest BCUT2D eigenvalue weighted by Gasteiger charge is 2.27. The molecule has 8 heteroatoms. The van der Waals surface area contributed by atoms with Crippen molar-refractivity contribution < 1.29 is 13.2 Å². The normalized spacial score (nSPS) is 15.5. The summed E-state index contributed by atoms with van der Waals surface area (Å²) < 4.78 is 27.5. The van der Waals surface area contributed by atoms with Gasteiger partial charge >= 0.3 is 0 Å². The lowest BCUT2D eigenvalue weighted by Crippen LogP contribution is -2.35. The van der Waals surface area contributed by atoms with Crippen molar-refractivity contribution in [2.45, 2.75) is 31.1 Å². The van der Waals surface area contributed by atoms with E-state index in [1.807, 2.05) is 32.0 Å². The van der Waals surface area contributed by atoms with Crippen LogP contribution in [0.25, 0.3) is 0 Å². The molecule has 1 saturated heterocycles. The number of thiophene rings is 1. The zero-order valence-corrected chi connectivity index (χ0v) is 17.5. The van der Waals surface area contributed by atoms with Crippen LogP contribution in [0.5, 0.6) is 0 Å². The van der Waals surface area contributed by atoms with Gasteiger partial charge in [-0.15, -0.1) is 11.3 Å². The zero-order valence-electron chi connectivity index (χ0n) is 15.9. The highest BCUT2D eigenvalue weighted by molar-refractivity contribution is 7.89. The molecule has 2 heterocycles. The number of aryl methyl sites for hydroxylation is 1. The number of anilines is 2. The molecule has 0 radical (unpaired) electrons. The Bertz CT molecular complexity index is 929. The van der Waals surface area contributed by atoms with E-state index < -0.39 is 10.0 Å². The number of carbonyl (C=O) groups is 1. The summed E-state index contributed by atoms with van der Waals surface area (Å²) in [5.74, 6) is -0.233. The Kier molecular flexibility index (Phi) is 5.88. The molecular weight excluding hydrogens is 382 g/mol. The number of carbonyl (C=O) groups excluding carboxylic acids is 1. The van der Waals surface area contributed by atoms with Crippen LogP contribution < -0.4 is 10.2 Å².